The van der Waals surface area contributed by atoms with Gasteiger partial charge in [0.2, 0.25) is 0 Å². The lowest BCUT2D eigenvalue weighted by molar-refractivity contribution is 0.0811. The van der Waals surface area contributed by atoms with E-state index in [0.29, 0.717) is 25.3 Å². The molecule has 3 heterocycles. The molecular formula is C19H19N3O3. The summed E-state index contributed by atoms with van der Waals surface area (Å²) >= 11 is 0. The fourth-order valence-electron chi connectivity index (χ4n) is 2.86. The molecule has 1 amide bonds. The van der Waals surface area contributed by atoms with Gasteiger partial charge in [-0.3, -0.25) is 4.79 Å². The maximum atomic E-state index is 12.3. The Kier molecular flexibility index (Phi) is 4.01. The number of carbonyl (C=O) groups is 1. The fraction of sp³-hybridized carbons (Fsp3) is 0.263. The summed E-state index contributed by atoms with van der Waals surface area (Å²) in [6, 6.07) is 11.5. The molecule has 0 fully saturated rings. The molecule has 4 rings (SSSR count). The summed E-state index contributed by atoms with van der Waals surface area (Å²) in [5, 5.41) is 2.90. The molecule has 0 aliphatic carbocycles. The molecule has 6 heteroatoms. The second-order valence-electron chi connectivity index (χ2n) is 6.14. The first kappa shape index (κ1) is 15.5. The van der Waals surface area contributed by atoms with Gasteiger partial charge >= 0.3 is 0 Å². The molecule has 2 aromatic heterocycles. The molecule has 0 bridgehead atoms. The SMILES string of the molecule is Cc1ccc2nc(C(=O)NCC[C@@H]3COc4ccccc4O3)cn2c1. The Bertz CT molecular complexity index is 919. The lowest BCUT2D eigenvalue weighted by atomic mass is 10.2. The molecule has 1 aromatic carbocycles. The normalized spacial score (nSPS) is 16.0. The van der Waals surface area contributed by atoms with Crippen LogP contribution in [0.4, 0.5) is 0 Å². The monoisotopic (exact) mass is 337 g/mol. The average molecular weight is 337 g/mol. The Labute approximate surface area is 145 Å². The van der Waals surface area contributed by atoms with Gasteiger partial charge in [0.25, 0.3) is 5.91 Å². The predicted molar refractivity (Wildman–Crippen MR) is 93.2 cm³/mol. The summed E-state index contributed by atoms with van der Waals surface area (Å²) in [6.07, 6.45) is 4.30. The highest BCUT2D eigenvalue weighted by Gasteiger charge is 2.20. The van der Waals surface area contributed by atoms with Gasteiger partial charge in [-0.2, -0.15) is 0 Å². The van der Waals surface area contributed by atoms with Crippen LogP contribution in [-0.4, -0.2) is 34.5 Å². The van der Waals surface area contributed by atoms with Gasteiger partial charge < -0.3 is 19.2 Å². The largest absolute Gasteiger partial charge is 0.486 e. The Morgan fingerprint density at radius 3 is 2.96 bits per heavy atom. The predicted octanol–water partition coefficient (Wildman–Crippen LogP) is 2.60. The smallest absolute Gasteiger partial charge is 0.271 e. The molecule has 1 aliphatic heterocycles. The maximum Gasteiger partial charge on any atom is 0.271 e. The van der Waals surface area contributed by atoms with E-state index in [4.69, 9.17) is 9.47 Å². The van der Waals surface area contributed by atoms with Crippen LogP contribution in [0.2, 0.25) is 0 Å². The standard InChI is InChI=1S/C19H19N3O3/c1-13-6-7-18-21-15(11-22(18)10-13)19(23)20-9-8-14-12-24-16-4-2-3-5-17(16)25-14/h2-7,10-11,14H,8-9,12H2,1H3,(H,20,23)/t14-/m1/s1. The maximum absolute atomic E-state index is 12.3. The highest BCUT2D eigenvalue weighted by Crippen LogP contribution is 2.31. The third kappa shape index (κ3) is 3.28. The zero-order chi connectivity index (χ0) is 17.2. The number of pyridine rings is 1. The van der Waals surface area contributed by atoms with Gasteiger partial charge in [-0.15, -0.1) is 0 Å². The van der Waals surface area contributed by atoms with Crippen molar-refractivity contribution in [1.29, 1.82) is 0 Å². The van der Waals surface area contributed by atoms with Crippen LogP contribution in [0, 0.1) is 6.92 Å². The van der Waals surface area contributed by atoms with Gasteiger partial charge in [0.15, 0.2) is 11.5 Å². The van der Waals surface area contributed by atoms with Gasteiger partial charge in [-0.1, -0.05) is 18.2 Å². The molecule has 1 atom stereocenters. The molecule has 128 valence electrons. The molecular weight excluding hydrogens is 318 g/mol. The van der Waals surface area contributed by atoms with E-state index >= 15 is 0 Å². The van der Waals surface area contributed by atoms with Gasteiger partial charge in [0.1, 0.15) is 24.1 Å². The van der Waals surface area contributed by atoms with Crippen LogP contribution in [-0.2, 0) is 0 Å². The minimum absolute atomic E-state index is 0.0704. The molecule has 3 aromatic rings. The molecule has 0 unspecified atom stereocenters. The Morgan fingerprint density at radius 1 is 1.24 bits per heavy atom. The molecule has 1 aliphatic rings. The summed E-state index contributed by atoms with van der Waals surface area (Å²) in [6.45, 7) is 2.99. The van der Waals surface area contributed by atoms with E-state index in [1.807, 2.05) is 53.9 Å². The van der Waals surface area contributed by atoms with E-state index in [1.165, 1.54) is 0 Å². The zero-order valence-corrected chi connectivity index (χ0v) is 13.9. The number of nitrogens with one attached hydrogen (secondary N) is 1. The molecule has 1 N–H and O–H groups in total. The lowest BCUT2D eigenvalue weighted by Gasteiger charge is -2.26. The number of ether oxygens (including phenoxy) is 2. The molecule has 25 heavy (non-hydrogen) atoms. The number of rotatable bonds is 4. The Morgan fingerprint density at radius 2 is 2.08 bits per heavy atom. The summed E-state index contributed by atoms with van der Waals surface area (Å²) in [5.41, 5.74) is 2.29. The number of imidazole rings is 1. The van der Waals surface area contributed by atoms with Crippen LogP contribution in [0.3, 0.4) is 0 Å². The van der Waals surface area contributed by atoms with Gasteiger partial charge in [-0.05, 0) is 30.7 Å². The number of hydrogen-bond acceptors (Lipinski definition) is 4. The van der Waals surface area contributed by atoms with Crippen LogP contribution in [0.15, 0.2) is 48.8 Å². The highest BCUT2D eigenvalue weighted by atomic mass is 16.6. The van der Waals surface area contributed by atoms with E-state index in [1.54, 1.807) is 6.20 Å². The number of hydrogen-bond donors (Lipinski definition) is 1. The number of amides is 1. The van der Waals surface area contributed by atoms with Gasteiger partial charge in [-0.25, -0.2) is 4.98 Å². The number of para-hydroxylation sites is 2. The quantitative estimate of drug-likeness (QED) is 0.795. The van der Waals surface area contributed by atoms with E-state index in [2.05, 4.69) is 10.3 Å². The van der Waals surface area contributed by atoms with Gasteiger partial charge in [0, 0.05) is 25.4 Å². The fourth-order valence-corrected chi connectivity index (χ4v) is 2.86. The summed E-state index contributed by atoms with van der Waals surface area (Å²) in [4.78, 5) is 16.6. The van der Waals surface area contributed by atoms with Crippen LogP contribution < -0.4 is 14.8 Å². The van der Waals surface area contributed by atoms with Crippen molar-refractivity contribution in [3.63, 3.8) is 0 Å². The van der Waals surface area contributed by atoms with Crippen LogP contribution in [0.25, 0.3) is 5.65 Å². The van der Waals surface area contributed by atoms with Crippen LogP contribution in [0.1, 0.15) is 22.5 Å². The number of benzene rings is 1. The summed E-state index contributed by atoms with van der Waals surface area (Å²) in [5.74, 6) is 1.34. The first-order valence-corrected chi connectivity index (χ1v) is 8.31. The van der Waals surface area contributed by atoms with Crippen molar-refractivity contribution in [2.75, 3.05) is 13.2 Å². The van der Waals surface area contributed by atoms with E-state index in [-0.39, 0.29) is 12.0 Å². The number of nitrogens with zero attached hydrogens (tertiary/aromatic N) is 2. The molecule has 0 saturated carbocycles. The molecule has 0 radical (unpaired) electrons. The third-order valence-corrected chi connectivity index (χ3v) is 4.15. The lowest BCUT2D eigenvalue weighted by Crippen LogP contribution is -2.34. The Balaban J connectivity index is 1.33. The van der Waals surface area contributed by atoms with Crippen molar-refractivity contribution in [2.24, 2.45) is 0 Å². The number of aromatic nitrogens is 2. The number of fused-ring (bicyclic) bond motifs is 2. The summed E-state index contributed by atoms with van der Waals surface area (Å²) < 4.78 is 13.4. The molecule has 0 spiro atoms. The van der Waals surface area contributed by atoms with Gasteiger partial charge in [0.05, 0.1) is 0 Å². The topological polar surface area (TPSA) is 64.9 Å². The third-order valence-electron chi connectivity index (χ3n) is 4.15. The van der Waals surface area contributed by atoms with E-state index in [0.717, 1.165) is 22.7 Å². The number of carbonyl (C=O) groups excluding carboxylic acids is 1. The van der Waals surface area contributed by atoms with Crippen LogP contribution >= 0.6 is 0 Å². The zero-order valence-electron chi connectivity index (χ0n) is 13.9. The average Bonchev–Trinajstić information content (AvgIpc) is 3.05. The first-order chi connectivity index (χ1) is 12.2. The molecule has 6 nitrogen and oxygen atoms in total. The second kappa shape index (κ2) is 6.47. The van der Waals surface area contributed by atoms with Crippen molar-refractivity contribution in [1.82, 2.24) is 14.7 Å². The molecule has 0 saturated heterocycles. The highest BCUT2D eigenvalue weighted by molar-refractivity contribution is 5.92. The second-order valence-corrected chi connectivity index (χ2v) is 6.14. The minimum atomic E-state index is -0.182. The van der Waals surface area contributed by atoms with E-state index < -0.39 is 0 Å². The van der Waals surface area contributed by atoms with Crippen molar-refractivity contribution >= 4 is 11.6 Å². The van der Waals surface area contributed by atoms with Crippen molar-refractivity contribution < 1.29 is 14.3 Å². The van der Waals surface area contributed by atoms with Crippen molar-refractivity contribution in [3.05, 3.63) is 60.0 Å². The Hall–Kier alpha value is -3.02. The first-order valence-electron chi connectivity index (χ1n) is 8.31. The van der Waals surface area contributed by atoms with Crippen LogP contribution in [0.5, 0.6) is 11.5 Å². The number of aryl methyl sites for hydroxylation is 1. The van der Waals surface area contributed by atoms with E-state index in [9.17, 15) is 4.79 Å². The minimum Gasteiger partial charge on any atom is -0.486 e. The van der Waals surface area contributed by atoms with Crippen molar-refractivity contribution in [2.45, 2.75) is 19.4 Å². The van der Waals surface area contributed by atoms with Crippen molar-refractivity contribution in [3.8, 4) is 11.5 Å². The summed E-state index contributed by atoms with van der Waals surface area (Å²) in [7, 11) is 0.